The van der Waals surface area contributed by atoms with E-state index in [2.05, 4.69) is 0 Å². The summed E-state index contributed by atoms with van der Waals surface area (Å²) >= 11 is 13.6. The minimum atomic E-state index is -3.17. The predicted octanol–water partition coefficient (Wildman–Crippen LogP) is 4.13. The van der Waals surface area contributed by atoms with Gasteiger partial charge in [0.15, 0.2) is 9.84 Å². The summed E-state index contributed by atoms with van der Waals surface area (Å²) < 4.78 is 23.4. The Bertz CT molecular complexity index is 645. The van der Waals surface area contributed by atoms with Crippen LogP contribution in [0, 0.1) is 0 Å². The highest BCUT2D eigenvalue weighted by molar-refractivity contribution is 7.90. The molecule has 1 heterocycles. The number of sulfone groups is 1. The van der Waals surface area contributed by atoms with Crippen LogP contribution in [0.5, 0.6) is 0 Å². The Morgan fingerprint density at radius 1 is 1.11 bits per heavy atom. The molecule has 0 aliphatic carbocycles. The zero-order chi connectivity index (χ0) is 13.3. The van der Waals surface area contributed by atoms with E-state index in [0.717, 1.165) is 10.4 Å². The van der Waals surface area contributed by atoms with E-state index in [4.69, 9.17) is 23.2 Å². The lowest BCUT2D eigenvalue weighted by Gasteiger charge is -2.08. The van der Waals surface area contributed by atoms with Crippen LogP contribution in [0.15, 0.2) is 41.3 Å². The predicted molar refractivity (Wildman–Crippen MR) is 76.6 cm³/mol. The van der Waals surface area contributed by atoms with E-state index in [-0.39, 0.29) is 5.38 Å². The average Bonchev–Trinajstić information content (AvgIpc) is 2.74. The van der Waals surface area contributed by atoms with Crippen molar-refractivity contribution in [3.8, 4) is 0 Å². The molecule has 18 heavy (non-hydrogen) atoms. The van der Waals surface area contributed by atoms with Gasteiger partial charge >= 0.3 is 0 Å². The first-order chi connectivity index (χ1) is 8.38. The summed E-state index contributed by atoms with van der Waals surface area (Å²) in [5.74, 6) is 0. The molecule has 6 heteroatoms. The standard InChI is InChI=1S/C12H10Cl2O2S2/c1-18(15,16)9-4-2-8(3-5-9)12(14)10-6-7-11(13)17-10/h2-7,12H,1H3. The number of thiophene rings is 1. The summed E-state index contributed by atoms with van der Waals surface area (Å²) in [6, 6.07) is 10.2. The molecule has 0 N–H and O–H groups in total. The Morgan fingerprint density at radius 2 is 1.72 bits per heavy atom. The van der Waals surface area contributed by atoms with Gasteiger partial charge in [0, 0.05) is 11.1 Å². The summed E-state index contributed by atoms with van der Waals surface area (Å²) in [4.78, 5) is 1.23. The number of hydrogen-bond acceptors (Lipinski definition) is 3. The van der Waals surface area contributed by atoms with E-state index in [1.165, 1.54) is 17.6 Å². The summed E-state index contributed by atoms with van der Waals surface area (Å²) in [6.07, 6.45) is 1.18. The quantitative estimate of drug-likeness (QED) is 0.797. The molecule has 1 aromatic heterocycles. The first-order valence-electron chi connectivity index (χ1n) is 5.07. The highest BCUT2D eigenvalue weighted by Gasteiger charge is 2.14. The molecule has 96 valence electrons. The second-order valence-corrected chi connectivity index (χ2v) is 8.04. The van der Waals surface area contributed by atoms with Gasteiger partial charge in [0.1, 0.15) is 0 Å². The lowest BCUT2D eigenvalue weighted by Crippen LogP contribution is -1.97. The zero-order valence-corrected chi connectivity index (χ0v) is 12.6. The fourth-order valence-electron chi connectivity index (χ4n) is 1.51. The molecule has 0 bridgehead atoms. The van der Waals surface area contributed by atoms with Gasteiger partial charge in [0.05, 0.1) is 14.6 Å². The van der Waals surface area contributed by atoms with Crippen LogP contribution in [-0.4, -0.2) is 14.7 Å². The van der Waals surface area contributed by atoms with Gasteiger partial charge in [-0.05, 0) is 29.8 Å². The molecule has 2 nitrogen and oxygen atoms in total. The molecule has 0 saturated heterocycles. The largest absolute Gasteiger partial charge is 0.224 e. The summed E-state index contributed by atoms with van der Waals surface area (Å²) in [5, 5.41) is -0.309. The molecule has 0 amide bonds. The van der Waals surface area contributed by atoms with Gasteiger partial charge in [0.2, 0.25) is 0 Å². The van der Waals surface area contributed by atoms with Crippen LogP contribution in [0.25, 0.3) is 0 Å². The molecule has 0 aliphatic heterocycles. The van der Waals surface area contributed by atoms with Crippen molar-refractivity contribution in [1.82, 2.24) is 0 Å². The average molecular weight is 321 g/mol. The van der Waals surface area contributed by atoms with E-state index in [1.807, 2.05) is 6.07 Å². The van der Waals surface area contributed by atoms with Gasteiger partial charge in [-0.3, -0.25) is 0 Å². The molecule has 0 fully saturated rings. The monoisotopic (exact) mass is 320 g/mol. The third-order valence-corrected chi connectivity index (χ3v) is 5.49. The fourth-order valence-corrected chi connectivity index (χ4v) is 3.56. The summed E-state index contributed by atoms with van der Waals surface area (Å²) in [7, 11) is -3.17. The van der Waals surface area contributed by atoms with Crippen molar-refractivity contribution in [2.75, 3.05) is 6.26 Å². The Morgan fingerprint density at radius 3 is 2.17 bits per heavy atom. The molecule has 1 unspecified atom stereocenters. The molecular weight excluding hydrogens is 311 g/mol. The number of alkyl halides is 1. The molecule has 1 aromatic carbocycles. The maximum absolute atomic E-state index is 11.3. The van der Waals surface area contributed by atoms with Crippen molar-refractivity contribution in [2.45, 2.75) is 10.3 Å². The van der Waals surface area contributed by atoms with Crippen LogP contribution in [0.3, 0.4) is 0 Å². The highest BCUT2D eigenvalue weighted by atomic mass is 35.5. The van der Waals surface area contributed by atoms with E-state index < -0.39 is 9.84 Å². The van der Waals surface area contributed by atoms with Crippen LogP contribution >= 0.6 is 34.5 Å². The first kappa shape index (κ1) is 13.9. The second-order valence-electron chi connectivity index (χ2n) is 3.85. The Kier molecular flexibility index (Phi) is 4.02. The Labute approximate surface area is 120 Å². The minimum Gasteiger partial charge on any atom is -0.224 e. The van der Waals surface area contributed by atoms with Crippen LogP contribution in [0.4, 0.5) is 0 Å². The van der Waals surface area contributed by atoms with E-state index in [1.54, 1.807) is 30.3 Å². The van der Waals surface area contributed by atoms with E-state index in [9.17, 15) is 8.42 Å². The number of rotatable bonds is 3. The maximum atomic E-state index is 11.3. The molecule has 0 spiro atoms. The van der Waals surface area contributed by atoms with Gasteiger partial charge in [-0.2, -0.15) is 0 Å². The molecule has 2 aromatic rings. The minimum absolute atomic E-state index is 0.291. The lowest BCUT2D eigenvalue weighted by atomic mass is 10.1. The summed E-state index contributed by atoms with van der Waals surface area (Å²) in [6.45, 7) is 0. The van der Waals surface area contributed by atoms with Crippen molar-refractivity contribution in [3.63, 3.8) is 0 Å². The highest BCUT2D eigenvalue weighted by Crippen LogP contribution is 2.35. The van der Waals surface area contributed by atoms with Crippen LogP contribution in [0.2, 0.25) is 4.34 Å². The number of halogens is 2. The second kappa shape index (κ2) is 5.21. The molecule has 2 rings (SSSR count). The first-order valence-corrected chi connectivity index (χ1v) is 8.59. The van der Waals surface area contributed by atoms with Crippen molar-refractivity contribution in [1.29, 1.82) is 0 Å². The van der Waals surface area contributed by atoms with Gasteiger partial charge in [-0.25, -0.2) is 8.42 Å². The fraction of sp³-hybridized carbons (Fsp3) is 0.167. The maximum Gasteiger partial charge on any atom is 0.175 e. The third kappa shape index (κ3) is 3.06. The smallest absolute Gasteiger partial charge is 0.175 e. The van der Waals surface area contributed by atoms with Crippen molar-refractivity contribution >= 4 is 44.4 Å². The number of benzene rings is 1. The van der Waals surface area contributed by atoms with Crippen molar-refractivity contribution in [3.05, 3.63) is 51.2 Å². The van der Waals surface area contributed by atoms with E-state index >= 15 is 0 Å². The van der Waals surface area contributed by atoms with Gasteiger partial charge in [-0.15, -0.1) is 22.9 Å². The lowest BCUT2D eigenvalue weighted by molar-refractivity contribution is 0.602. The number of hydrogen-bond donors (Lipinski definition) is 0. The Hall–Kier alpha value is -0.550. The van der Waals surface area contributed by atoms with Crippen LogP contribution in [0.1, 0.15) is 15.8 Å². The molecule has 1 atom stereocenters. The topological polar surface area (TPSA) is 34.1 Å². The molecule has 0 saturated carbocycles. The van der Waals surface area contributed by atoms with Gasteiger partial charge in [-0.1, -0.05) is 23.7 Å². The van der Waals surface area contributed by atoms with Crippen LogP contribution < -0.4 is 0 Å². The van der Waals surface area contributed by atoms with Crippen LogP contribution in [-0.2, 0) is 9.84 Å². The third-order valence-electron chi connectivity index (χ3n) is 2.44. The Balaban J connectivity index is 2.30. The molecule has 0 aliphatic rings. The van der Waals surface area contributed by atoms with E-state index in [0.29, 0.717) is 9.23 Å². The zero-order valence-electron chi connectivity index (χ0n) is 9.43. The van der Waals surface area contributed by atoms with Crippen molar-refractivity contribution in [2.24, 2.45) is 0 Å². The van der Waals surface area contributed by atoms with Gasteiger partial charge in [0.25, 0.3) is 0 Å². The normalized spacial score (nSPS) is 13.5. The van der Waals surface area contributed by atoms with Gasteiger partial charge < -0.3 is 0 Å². The van der Waals surface area contributed by atoms with Crippen molar-refractivity contribution < 1.29 is 8.42 Å². The molecule has 0 radical (unpaired) electrons. The SMILES string of the molecule is CS(=O)(=O)c1ccc(C(Cl)c2ccc(Cl)s2)cc1. The summed E-state index contributed by atoms with van der Waals surface area (Å²) in [5.41, 5.74) is 0.850. The molecular formula is C12H10Cl2O2S2.